The number of carbonyl (C=O) groups is 2. The zero-order valence-electron chi connectivity index (χ0n) is 20.7. The van der Waals surface area contributed by atoms with Crippen molar-refractivity contribution >= 4 is 33.2 Å². The van der Waals surface area contributed by atoms with Gasteiger partial charge in [-0.2, -0.15) is 4.31 Å². The molecule has 0 aliphatic carbocycles. The molecule has 1 N–H and O–H groups in total. The van der Waals surface area contributed by atoms with Gasteiger partial charge in [0.05, 0.1) is 22.6 Å². The number of fused-ring (bicyclic) bond motifs is 1. The van der Waals surface area contributed by atoms with Crippen LogP contribution in [0.1, 0.15) is 46.1 Å². The first-order valence-electron chi connectivity index (χ1n) is 12.0. The number of carbonyl (C=O) groups excluding carboxylic acids is 2. The molecule has 2 aromatic carbocycles. The molecule has 2 aliphatic rings. The predicted molar refractivity (Wildman–Crippen MR) is 135 cm³/mol. The largest absolute Gasteiger partial charge is 0.492 e. The van der Waals surface area contributed by atoms with E-state index in [9.17, 15) is 18.0 Å². The number of ether oxygens (including phenoxy) is 1. The van der Waals surface area contributed by atoms with Crippen molar-refractivity contribution in [2.75, 3.05) is 36.5 Å². The lowest BCUT2D eigenvalue weighted by Gasteiger charge is -2.29. The molecule has 2 heterocycles. The highest BCUT2D eigenvalue weighted by atomic mass is 32.2. The molecule has 1 fully saturated rings. The second-order valence-electron chi connectivity index (χ2n) is 9.76. The lowest BCUT2D eigenvalue weighted by Crippen LogP contribution is -2.40. The lowest BCUT2D eigenvalue weighted by atomic mass is 9.86. The van der Waals surface area contributed by atoms with Gasteiger partial charge in [0.15, 0.2) is 0 Å². The Kier molecular flexibility index (Phi) is 6.92. The first-order valence-corrected chi connectivity index (χ1v) is 13.5. The number of rotatable bonds is 7. The van der Waals surface area contributed by atoms with E-state index in [0.29, 0.717) is 48.3 Å². The summed E-state index contributed by atoms with van der Waals surface area (Å²) in [5.74, 6) is 0.451. The Morgan fingerprint density at radius 2 is 1.83 bits per heavy atom. The van der Waals surface area contributed by atoms with E-state index in [1.807, 2.05) is 13.0 Å². The van der Waals surface area contributed by atoms with Crippen molar-refractivity contribution in [1.29, 1.82) is 0 Å². The zero-order chi connectivity index (χ0) is 25.4. The van der Waals surface area contributed by atoms with Gasteiger partial charge in [-0.05, 0) is 75.4 Å². The van der Waals surface area contributed by atoms with Crippen LogP contribution in [0.15, 0.2) is 47.4 Å². The van der Waals surface area contributed by atoms with Crippen LogP contribution in [-0.2, 0) is 25.0 Å². The van der Waals surface area contributed by atoms with Gasteiger partial charge >= 0.3 is 0 Å². The molecular weight excluding hydrogens is 466 g/mol. The Morgan fingerprint density at radius 1 is 1.14 bits per heavy atom. The van der Waals surface area contributed by atoms with E-state index in [0.717, 1.165) is 12.8 Å². The summed E-state index contributed by atoms with van der Waals surface area (Å²) in [5.41, 5.74) is 0.736. The predicted octanol–water partition coefficient (Wildman–Crippen LogP) is 3.77. The van der Waals surface area contributed by atoms with Crippen LogP contribution < -0.4 is 15.0 Å². The summed E-state index contributed by atoms with van der Waals surface area (Å²) in [6.45, 7) is 8.78. The molecule has 8 nitrogen and oxygen atoms in total. The molecular formula is C26H33N3O5S. The van der Waals surface area contributed by atoms with Crippen LogP contribution in [0.3, 0.4) is 0 Å². The van der Waals surface area contributed by atoms with E-state index in [-0.39, 0.29) is 23.3 Å². The third kappa shape index (κ3) is 4.79. The van der Waals surface area contributed by atoms with Crippen molar-refractivity contribution < 1.29 is 22.7 Å². The molecule has 35 heavy (non-hydrogen) atoms. The van der Waals surface area contributed by atoms with Gasteiger partial charge in [0.1, 0.15) is 12.3 Å². The highest BCUT2D eigenvalue weighted by molar-refractivity contribution is 7.89. The van der Waals surface area contributed by atoms with Crippen LogP contribution in [0.5, 0.6) is 5.75 Å². The van der Waals surface area contributed by atoms with Gasteiger partial charge in [0, 0.05) is 18.8 Å². The molecule has 188 valence electrons. The maximum Gasteiger partial charge on any atom is 0.244 e. The molecule has 0 bridgehead atoms. The topological polar surface area (TPSA) is 96.0 Å². The molecule has 1 saturated heterocycles. The third-order valence-corrected chi connectivity index (χ3v) is 8.75. The fraction of sp³-hybridized carbons (Fsp3) is 0.462. The average Bonchev–Trinajstić information content (AvgIpc) is 3.01. The SMILES string of the molecule is CCOc1ccccc1NC(=O)CN1C(=O)C(C)(C)c2cc(S(=O)(=O)N3CCC(C)CC3)ccc21. The molecule has 2 amide bonds. The molecule has 0 radical (unpaired) electrons. The van der Waals surface area contributed by atoms with Crippen molar-refractivity contribution in [2.45, 2.75) is 50.8 Å². The number of benzene rings is 2. The van der Waals surface area contributed by atoms with Gasteiger partial charge in [0.25, 0.3) is 0 Å². The molecule has 0 saturated carbocycles. The molecule has 0 aromatic heterocycles. The highest BCUT2D eigenvalue weighted by Gasteiger charge is 2.45. The molecule has 2 aliphatic heterocycles. The van der Waals surface area contributed by atoms with Crippen molar-refractivity contribution in [3.8, 4) is 5.75 Å². The smallest absolute Gasteiger partial charge is 0.244 e. The fourth-order valence-electron chi connectivity index (χ4n) is 4.69. The first-order chi connectivity index (χ1) is 16.6. The number of amides is 2. The maximum atomic E-state index is 13.3. The van der Waals surface area contributed by atoms with Crippen molar-refractivity contribution in [2.24, 2.45) is 5.92 Å². The summed E-state index contributed by atoms with van der Waals surface area (Å²) >= 11 is 0. The Labute approximate surface area is 207 Å². The number of nitrogens with one attached hydrogen (secondary N) is 1. The monoisotopic (exact) mass is 499 g/mol. The van der Waals surface area contributed by atoms with E-state index in [1.165, 1.54) is 15.3 Å². The zero-order valence-corrected chi connectivity index (χ0v) is 21.5. The first kappa shape index (κ1) is 25.2. The molecule has 0 unspecified atom stereocenters. The fourth-order valence-corrected chi connectivity index (χ4v) is 6.19. The minimum atomic E-state index is -3.66. The van der Waals surface area contributed by atoms with Crippen molar-refractivity contribution in [1.82, 2.24) is 4.31 Å². The Bertz CT molecular complexity index is 1230. The molecule has 4 rings (SSSR count). The van der Waals surface area contributed by atoms with Gasteiger partial charge < -0.3 is 15.0 Å². The van der Waals surface area contributed by atoms with Crippen LogP contribution in [0.2, 0.25) is 0 Å². The number of sulfonamides is 1. The van der Waals surface area contributed by atoms with Gasteiger partial charge in [-0.1, -0.05) is 19.1 Å². The Balaban J connectivity index is 1.58. The quantitative estimate of drug-likeness (QED) is 0.626. The van der Waals surface area contributed by atoms with E-state index in [2.05, 4.69) is 12.2 Å². The second kappa shape index (κ2) is 9.62. The number of anilines is 2. The minimum absolute atomic E-state index is 0.184. The Morgan fingerprint density at radius 3 is 2.51 bits per heavy atom. The van der Waals surface area contributed by atoms with Gasteiger partial charge in [-0.15, -0.1) is 0 Å². The number of hydrogen-bond acceptors (Lipinski definition) is 5. The van der Waals surface area contributed by atoms with Crippen molar-refractivity contribution in [3.05, 3.63) is 48.0 Å². The molecule has 2 aromatic rings. The number of para-hydroxylation sites is 2. The van der Waals surface area contributed by atoms with Gasteiger partial charge in [0.2, 0.25) is 21.8 Å². The van der Waals surface area contributed by atoms with Crippen LogP contribution in [0, 0.1) is 5.92 Å². The normalized spacial score (nSPS) is 18.4. The maximum absolute atomic E-state index is 13.3. The highest BCUT2D eigenvalue weighted by Crippen LogP contribution is 2.43. The standard InChI is InChI=1S/C26H33N3O5S/c1-5-34-23-9-7-6-8-21(23)27-24(30)17-29-22-11-10-19(16-20(22)26(3,4)25(29)31)35(32,33)28-14-12-18(2)13-15-28/h6-11,16,18H,5,12-15,17H2,1-4H3,(H,27,30). The average molecular weight is 500 g/mol. The van der Waals surface area contributed by atoms with Crippen molar-refractivity contribution in [3.63, 3.8) is 0 Å². The second-order valence-corrected chi connectivity index (χ2v) is 11.7. The van der Waals surface area contributed by atoms with E-state index >= 15 is 0 Å². The summed E-state index contributed by atoms with van der Waals surface area (Å²) in [4.78, 5) is 27.8. The number of piperidine rings is 1. The third-order valence-electron chi connectivity index (χ3n) is 6.86. The Hall–Kier alpha value is -2.91. The summed E-state index contributed by atoms with van der Waals surface area (Å²) < 4.78 is 33.7. The van der Waals surface area contributed by atoms with Crippen LogP contribution in [0.25, 0.3) is 0 Å². The minimum Gasteiger partial charge on any atom is -0.492 e. The lowest BCUT2D eigenvalue weighted by molar-refractivity contribution is -0.124. The molecule has 9 heteroatoms. The van der Waals surface area contributed by atoms with Crippen LogP contribution in [-0.4, -0.2) is 50.8 Å². The molecule has 0 atom stereocenters. The van der Waals surface area contributed by atoms with E-state index in [1.54, 1.807) is 44.2 Å². The van der Waals surface area contributed by atoms with Crippen LogP contribution in [0.4, 0.5) is 11.4 Å². The summed E-state index contributed by atoms with van der Waals surface area (Å²) in [7, 11) is -3.66. The van der Waals surface area contributed by atoms with E-state index < -0.39 is 15.4 Å². The summed E-state index contributed by atoms with van der Waals surface area (Å²) in [5, 5.41) is 2.82. The van der Waals surface area contributed by atoms with Gasteiger partial charge in [-0.25, -0.2) is 8.42 Å². The van der Waals surface area contributed by atoms with Crippen LogP contribution >= 0.6 is 0 Å². The van der Waals surface area contributed by atoms with Gasteiger partial charge in [-0.3, -0.25) is 9.59 Å². The number of hydrogen-bond donors (Lipinski definition) is 1. The number of nitrogens with zero attached hydrogens (tertiary/aromatic N) is 2. The van der Waals surface area contributed by atoms with E-state index in [4.69, 9.17) is 4.74 Å². The summed E-state index contributed by atoms with van der Waals surface area (Å²) in [6, 6.07) is 11.9. The summed E-state index contributed by atoms with van der Waals surface area (Å²) in [6.07, 6.45) is 1.67. The molecule has 0 spiro atoms.